The number of piperidine rings is 1. The van der Waals surface area contributed by atoms with Crippen molar-refractivity contribution in [2.75, 3.05) is 0 Å². The molecule has 1 unspecified atom stereocenters. The molecule has 0 saturated carbocycles. The van der Waals surface area contributed by atoms with E-state index in [0.717, 1.165) is 0 Å². The number of imide groups is 1. The SMILES string of the molecule is N#C[C@@H]1C(=O)NC(=O)[C@H](C#N)C1C(Cl)(Cl)Cl. The number of halogens is 3. The molecule has 0 aromatic heterocycles. The molecule has 0 radical (unpaired) electrons. The number of carbonyl (C=O) groups is 2. The average Bonchev–Trinajstić information content (AvgIpc) is 2.15. The van der Waals surface area contributed by atoms with Gasteiger partial charge < -0.3 is 0 Å². The molecule has 1 aliphatic heterocycles. The van der Waals surface area contributed by atoms with Gasteiger partial charge in [-0.3, -0.25) is 14.9 Å². The largest absolute Gasteiger partial charge is 0.294 e. The smallest absolute Gasteiger partial charge is 0.244 e. The third-order valence-electron chi connectivity index (χ3n) is 2.19. The molecule has 1 aliphatic rings. The van der Waals surface area contributed by atoms with E-state index in [1.165, 1.54) is 0 Å². The Morgan fingerprint density at radius 3 is 1.69 bits per heavy atom. The van der Waals surface area contributed by atoms with E-state index >= 15 is 0 Å². The van der Waals surface area contributed by atoms with Crippen LogP contribution in [0.4, 0.5) is 0 Å². The first kappa shape index (κ1) is 13.1. The Hall–Kier alpha value is -1.01. The minimum atomic E-state index is -2.03. The molecule has 2 amide bonds. The van der Waals surface area contributed by atoms with Crippen LogP contribution in [0.15, 0.2) is 0 Å². The molecule has 0 spiro atoms. The van der Waals surface area contributed by atoms with Crippen LogP contribution in [0.2, 0.25) is 0 Å². The van der Waals surface area contributed by atoms with Crippen LogP contribution in [0.1, 0.15) is 0 Å². The van der Waals surface area contributed by atoms with Crippen molar-refractivity contribution >= 4 is 46.6 Å². The maximum Gasteiger partial charge on any atom is 0.244 e. The predicted molar refractivity (Wildman–Crippen MR) is 55.1 cm³/mol. The van der Waals surface area contributed by atoms with E-state index in [1.54, 1.807) is 12.1 Å². The highest BCUT2D eigenvalue weighted by molar-refractivity contribution is 6.68. The molecular formula is C8H4Cl3N3O2. The molecule has 0 aromatic rings. The summed E-state index contributed by atoms with van der Waals surface area (Å²) in [6.07, 6.45) is 0. The topological polar surface area (TPSA) is 93.8 Å². The van der Waals surface area contributed by atoms with Gasteiger partial charge >= 0.3 is 0 Å². The van der Waals surface area contributed by atoms with Gasteiger partial charge in [0.05, 0.1) is 18.1 Å². The van der Waals surface area contributed by atoms with Crippen LogP contribution in [0.25, 0.3) is 0 Å². The van der Waals surface area contributed by atoms with Crippen LogP contribution in [-0.4, -0.2) is 15.6 Å². The Labute approximate surface area is 106 Å². The number of hydrogen-bond acceptors (Lipinski definition) is 4. The van der Waals surface area contributed by atoms with Crippen molar-refractivity contribution < 1.29 is 9.59 Å². The number of alkyl halides is 3. The highest BCUT2D eigenvalue weighted by atomic mass is 35.6. The number of nitriles is 2. The zero-order valence-corrected chi connectivity index (χ0v) is 9.84. The molecule has 1 heterocycles. The summed E-state index contributed by atoms with van der Waals surface area (Å²) in [6.45, 7) is 0. The van der Waals surface area contributed by atoms with E-state index in [1.807, 2.05) is 5.32 Å². The van der Waals surface area contributed by atoms with Crippen molar-refractivity contribution in [2.24, 2.45) is 17.8 Å². The molecule has 0 bridgehead atoms. The number of carbonyl (C=O) groups excluding carboxylic acids is 2. The molecule has 1 N–H and O–H groups in total. The Kier molecular flexibility index (Phi) is 3.64. The Morgan fingerprint density at radius 2 is 1.44 bits per heavy atom. The summed E-state index contributed by atoms with van der Waals surface area (Å²) in [5, 5.41) is 19.5. The first-order chi connectivity index (χ1) is 7.32. The predicted octanol–water partition coefficient (Wildman–Crippen LogP) is 0.909. The lowest BCUT2D eigenvalue weighted by molar-refractivity contribution is -0.139. The second-order valence-corrected chi connectivity index (χ2v) is 5.50. The average molecular weight is 280 g/mol. The molecule has 1 fully saturated rings. The fourth-order valence-corrected chi connectivity index (χ4v) is 2.21. The molecule has 1 rings (SSSR count). The molecule has 16 heavy (non-hydrogen) atoms. The van der Waals surface area contributed by atoms with Crippen molar-refractivity contribution in [3.8, 4) is 12.1 Å². The lowest BCUT2D eigenvalue weighted by Crippen LogP contribution is -2.54. The molecule has 8 heteroatoms. The van der Waals surface area contributed by atoms with E-state index in [0.29, 0.717) is 0 Å². The van der Waals surface area contributed by atoms with Crippen LogP contribution < -0.4 is 5.32 Å². The van der Waals surface area contributed by atoms with E-state index in [-0.39, 0.29) is 0 Å². The summed E-state index contributed by atoms with van der Waals surface area (Å²) >= 11 is 16.8. The third kappa shape index (κ3) is 2.22. The Balaban J connectivity index is 3.23. The van der Waals surface area contributed by atoms with Crippen LogP contribution in [-0.2, 0) is 9.59 Å². The highest BCUT2D eigenvalue weighted by Gasteiger charge is 2.53. The molecule has 5 nitrogen and oxygen atoms in total. The van der Waals surface area contributed by atoms with Crippen LogP contribution >= 0.6 is 34.8 Å². The Bertz CT molecular complexity index is 386. The lowest BCUT2D eigenvalue weighted by atomic mass is 9.79. The number of amides is 2. The maximum absolute atomic E-state index is 11.3. The first-order valence-corrected chi connectivity index (χ1v) is 5.17. The standard InChI is InChI=1S/C8H4Cl3N3O2/c9-8(10,11)5-3(1-12)6(15)14-7(16)4(5)2-13/h3-5H,(H,14,15,16)/t3-,4+,5?. The summed E-state index contributed by atoms with van der Waals surface area (Å²) in [6, 6.07) is 3.25. The zero-order valence-electron chi connectivity index (χ0n) is 7.58. The van der Waals surface area contributed by atoms with Gasteiger partial charge in [0.1, 0.15) is 11.8 Å². The molecular weight excluding hydrogens is 276 g/mol. The fourth-order valence-electron chi connectivity index (χ4n) is 1.45. The van der Waals surface area contributed by atoms with E-state index < -0.39 is 33.4 Å². The van der Waals surface area contributed by atoms with Crippen LogP contribution in [0, 0.1) is 40.4 Å². The van der Waals surface area contributed by atoms with Gasteiger partial charge in [0, 0.05) is 0 Å². The molecule has 1 saturated heterocycles. The molecule has 0 aromatic carbocycles. The van der Waals surface area contributed by atoms with E-state index in [2.05, 4.69) is 0 Å². The minimum absolute atomic E-state index is 0.852. The summed E-state index contributed by atoms with van der Waals surface area (Å²) < 4.78 is -2.03. The molecule has 84 valence electrons. The quantitative estimate of drug-likeness (QED) is 0.527. The normalized spacial score (nSPS) is 30.2. The highest BCUT2D eigenvalue weighted by Crippen LogP contribution is 2.45. The van der Waals surface area contributed by atoms with Crippen molar-refractivity contribution in [3.63, 3.8) is 0 Å². The summed E-state index contributed by atoms with van der Waals surface area (Å²) in [5.41, 5.74) is 0. The summed E-state index contributed by atoms with van der Waals surface area (Å²) in [5.74, 6) is -5.65. The second kappa shape index (κ2) is 4.47. The fraction of sp³-hybridized carbons (Fsp3) is 0.500. The summed E-state index contributed by atoms with van der Waals surface area (Å²) in [4.78, 5) is 22.6. The van der Waals surface area contributed by atoms with E-state index in [9.17, 15) is 9.59 Å². The van der Waals surface area contributed by atoms with Crippen molar-refractivity contribution in [2.45, 2.75) is 3.79 Å². The zero-order chi connectivity index (χ0) is 12.5. The monoisotopic (exact) mass is 279 g/mol. The second-order valence-electron chi connectivity index (χ2n) is 3.13. The van der Waals surface area contributed by atoms with Gasteiger partial charge in [-0.05, 0) is 0 Å². The van der Waals surface area contributed by atoms with Gasteiger partial charge in [-0.15, -0.1) is 0 Å². The Morgan fingerprint density at radius 1 is 1.06 bits per heavy atom. The summed E-state index contributed by atoms with van der Waals surface area (Å²) in [7, 11) is 0. The number of nitrogens with one attached hydrogen (secondary N) is 1. The van der Waals surface area contributed by atoms with Gasteiger partial charge in [-0.25, -0.2) is 0 Å². The lowest BCUT2D eigenvalue weighted by Gasteiger charge is -2.33. The van der Waals surface area contributed by atoms with Crippen molar-refractivity contribution in [1.82, 2.24) is 5.32 Å². The van der Waals surface area contributed by atoms with Crippen LogP contribution in [0.5, 0.6) is 0 Å². The first-order valence-electron chi connectivity index (χ1n) is 4.03. The van der Waals surface area contributed by atoms with E-state index in [4.69, 9.17) is 45.3 Å². The number of nitrogens with zero attached hydrogens (tertiary/aromatic N) is 2. The minimum Gasteiger partial charge on any atom is -0.294 e. The maximum atomic E-state index is 11.3. The molecule has 3 atom stereocenters. The van der Waals surface area contributed by atoms with Gasteiger partial charge in [0.15, 0.2) is 3.79 Å². The van der Waals surface area contributed by atoms with Crippen LogP contribution in [0.3, 0.4) is 0 Å². The van der Waals surface area contributed by atoms with Gasteiger partial charge in [0.2, 0.25) is 11.8 Å². The van der Waals surface area contributed by atoms with Crippen molar-refractivity contribution in [1.29, 1.82) is 10.5 Å². The van der Waals surface area contributed by atoms with Gasteiger partial charge in [-0.1, -0.05) is 34.8 Å². The number of hydrogen-bond donors (Lipinski definition) is 1. The number of rotatable bonds is 0. The van der Waals surface area contributed by atoms with Crippen molar-refractivity contribution in [3.05, 3.63) is 0 Å². The molecule has 0 aliphatic carbocycles. The third-order valence-corrected chi connectivity index (χ3v) is 2.94. The van der Waals surface area contributed by atoms with Gasteiger partial charge in [-0.2, -0.15) is 10.5 Å². The van der Waals surface area contributed by atoms with Gasteiger partial charge in [0.25, 0.3) is 0 Å².